The van der Waals surface area contributed by atoms with Crippen LogP contribution in [0.1, 0.15) is 40.5 Å². The lowest BCUT2D eigenvalue weighted by molar-refractivity contribution is 0.00928. The third-order valence-corrected chi connectivity index (χ3v) is 3.30. The van der Waals surface area contributed by atoms with Crippen molar-refractivity contribution in [3.8, 4) is 0 Å². The molecule has 0 aliphatic carbocycles. The lowest BCUT2D eigenvalue weighted by Gasteiger charge is -2.38. The summed E-state index contributed by atoms with van der Waals surface area (Å²) in [5, 5.41) is 0. The van der Waals surface area contributed by atoms with Crippen molar-refractivity contribution in [3.05, 3.63) is 0 Å². The molecule has 3 heteroatoms. The SMILES string of the molecule is CC(C)CN(C(C)C)C(CN)C1CCCO1. The van der Waals surface area contributed by atoms with E-state index in [0.717, 1.165) is 13.2 Å². The van der Waals surface area contributed by atoms with Crippen molar-refractivity contribution in [2.24, 2.45) is 11.7 Å². The van der Waals surface area contributed by atoms with Crippen LogP contribution in [0.2, 0.25) is 0 Å². The molecular formula is C13H28N2O. The highest BCUT2D eigenvalue weighted by Gasteiger charge is 2.31. The Hall–Kier alpha value is -0.120. The first-order valence-electron chi connectivity index (χ1n) is 6.63. The third-order valence-electron chi connectivity index (χ3n) is 3.30. The summed E-state index contributed by atoms with van der Waals surface area (Å²) < 4.78 is 5.80. The van der Waals surface area contributed by atoms with Crippen LogP contribution in [0.3, 0.4) is 0 Å². The molecule has 1 aliphatic rings. The molecule has 0 aromatic heterocycles. The zero-order chi connectivity index (χ0) is 12.1. The molecule has 0 bridgehead atoms. The van der Waals surface area contributed by atoms with Gasteiger partial charge >= 0.3 is 0 Å². The maximum Gasteiger partial charge on any atom is 0.0743 e. The quantitative estimate of drug-likeness (QED) is 0.754. The van der Waals surface area contributed by atoms with E-state index >= 15 is 0 Å². The van der Waals surface area contributed by atoms with Crippen LogP contribution in [-0.4, -0.2) is 42.8 Å². The molecule has 1 fully saturated rings. The molecule has 3 nitrogen and oxygen atoms in total. The highest BCUT2D eigenvalue weighted by molar-refractivity contribution is 4.85. The van der Waals surface area contributed by atoms with Crippen molar-refractivity contribution in [2.75, 3.05) is 19.7 Å². The van der Waals surface area contributed by atoms with E-state index < -0.39 is 0 Å². The molecule has 0 saturated carbocycles. The van der Waals surface area contributed by atoms with E-state index in [-0.39, 0.29) is 0 Å². The largest absolute Gasteiger partial charge is 0.377 e. The van der Waals surface area contributed by atoms with Gasteiger partial charge in [-0.15, -0.1) is 0 Å². The normalized spacial score (nSPS) is 23.6. The Morgan fingerprint density at radius 2 is 2.00 bits per heavy atom. The van der Waals surface area contributed by atoms with E-state index in [1.54, 1.807) is 0 Å². The molecule has 0 aromatic carbocycles. The molecule has 1 saturated heterocycles. The minimum Gasteiger partial charge on any atom is -0.377 e. The molecule has 0 radical (unpaired) electrons. The summed E-state index contributed by atoms with van der Waals surface area (Å²) >= 11 is 0. The second kappa shape index (κ2) is 6.58. The Balaban J connectivity index is 2.64. The van der Waals surface area contributed by atoms with Crippen LogP contribution in [-0.2, 0) is 4.74 Å². The standard InChI is InChI=1S/C13H28N2O/c1-10(2)9-15(11(3)4)12(8-14)13-6-5-7-16-13/h10-13H,5-9,14H2,1-4H3. The van der Waals surface area contributed by atoms with E-state index in [0.29, 0.717) is 30.7 Å². The smallest absolute Gasteiger partial charge is 0.0743 e. The third kappa shape index (κ3) is 3.72. The van der Waals surface area contributed by atoms with Crippen LogP contribution in [0, 0.1) is 5.92 Å². The molecule has 96 valence electrons. The lowest BCUT2D eigenvalue weighted by atomic mass is 10.0. The van der Waals surface area contributed by atoms with Gasteiger partial charge in [0.15, 0.2) is 0 Å². The summed E-state index contributed by atoms with van der Waals surface area (Å²) in [7, 11) is 0. The molecule has 2 N–H and O–H groups in total. The Morgan fingerprint density at radius 3 is 2.38 bits per heavy atom. The molecule has 16 heavy (non-hydrogen) atoms. The molecular weight excluding hydrogens is 200 g/mol. The fourth-order valence-corrected chi connectivity index (χ4v) is 2.56. The van der Waals surface area contributed by atoms with E-state index in [1.165, 1.54) is 12.8 Å². The van der Waals surface area contributed by atoms with Crippen LogP contribution in [0.15, 0.2) is 0 Å². The maximum absolute atomic E-state index is 5.95. The average Bonchev–Trinajstić information content (AvgIpc) is 2.70. The van der Waals surface area contributed by atoms with Gasteiger partial charge in [0, 0.05) is 31.8 Å². The highest BCUT2D eigenvalue weighted by atomic mass is 16.5. The molecule has 2 atom stereocenters. The molecule has 1 heterocycles. The molecule has 1 aliphatic heterocycles. The van der Waals surface area contributed by atoms with Gasteiger partial charge in [0.2, 0.25) is 0 Å². The van der Waals surface area contributed by atoms with Crippen molar-refractivity contribution >= 4 is 0 Å². The Kier molecular flexibility index (Phi) is 5.73. The van der Waals surface area contributed by atoms with Gasteiger partial charge < -0.3 is 10.5 Å². The zero-order valence-corrected chi connectivity index (χ0v) is 11.3. The van der Waals surface area contributed by atoms with Crippen molar-refractivity contribution < 1.29 is 4.74 Å². The average molecular weight is 228 g/mol. The fourth-order valence-electron chi connectivity index (χ4n) is 2.56. The monoisotopic (exact) mass is 228 g/mol. The number of rotatable bonds is 6. The van der Waals surface area contributed by atoms with Crippen molar-refractivity contribution in [1.29, 1.82) is 0 Å². The number of hydrogen-bond acceptors (Lipinski definition) is 3. The first-order chi connectivity index (χ1) is 7.56. The van der Waals surface area contributed by atoms with Gasteiger partial charge in [-0.25, -0.2) is 0 Å². The van der Waals surface area contributed by atoms with Crippen molar-refractivity contribution in [2.45, 2.75) is 58.7 Å². The van der Waals surface area contributed by atoms with E-state index in [1.807, 2.05) is 0 Å². The molecule has 1 rings (SSSR count). The minimum atomic E-state index is 0.353. The van der Waals surface area contributed by atoms with Crippen LogP contribution in [0.5, 0.6) is 0 Å². The zero-order valence-electron chi connectivity index (χ0n) is 11.3. The maximum atomic E-state index is 5.95. The Labute approximate surface area is 100 Å². The van der Waals surface area contributed by atoms with Gasteiger partial charge in [-0.3, -0.25) is 4.90 Å². The van der Waals surface area contributed by atoms with Gasteiger partial charge in [0.25, 0.3) is 0 Å². The molecule has 2 unspecified atom stereocenters. The van der Waals surface area contributed by atoms with Crippen LogP contribution < -0.4 is 5.73 Å². The summed E-state index contributed by atoms with van der Waals surface area (Å²) in [6.07, 6.45) is 2.71. The predicted octanol–water partition coefficient (Wildman–Crippen LogP) is 1.86. The second-order valence-electron chi connectivity index (χ2n) is 5.54. The number of nitrogens with zero attached hydrogens (tertiary/aromatic N) is 1. The van der Waals surface area contributed by atoms with E-state index in [4.69, 9.17) is 10.5 Å². The summed E-state index contributed by atoms with van der Waals surface area (Å²) in [6, 6.07) is 0.935. The predicted molar refractivity (Wildman–Crippen MR) is 68.5 cm³/mol. The van der Waals surface area contributed by atoms with E-state index in [2.05, 4.69) is 32.6 Å². The lowest BCUT2D eigenvalue weighted by Crippen LogP contribution is -2.52. The van der Waals surface area contributed by atoms with Gasteiger partial charge in [-0.1, -0.05) is 13.8 Å². The van der Waals surface area contributed by atoms with Gasteiger partial charge in [0.05, 0.1) is 6.10 Å². The van der Waals surface area contributed by atoms with Crippen LogP contribution in [0.25, 0.3) is 0 Å². The molecule has 0 amide bonds. The van der Waals surface area contributed by atoms with Gasteiger partial charge in [0.1, 0.15) is 0 Å². The number of ether oxygens (including phenoxy) is 1. The van der Waals surface area contributed by atoms with Crippen LogP contribution in [0.4, 0.5) is 0 Å². The second-order valence-corrected chi connectivity index (χ2v) is 5.54. The van der Waals surface area contributed by atoms with Crippen molar-refractivity contribution in [3.63, 3.8) is 0 Å². The van der Waals surface area contributed by atoms with Gasteiger partial charge in [-0.2, -0.15) is 0 Å². The number of nitrogens with two attached hydrogens (primary N) is 1. The Morgan fingerprint density at radius 1 is 1.31 bits per heavy atom. The summed E-state index contributed by atoms with van der Waals surface area (Å²) in [6.45, 7) is 11.8. The van der Waals surface area contributed by atoms with E-state index in [9.17, 15) is 0 Å². The number of hydrogen-bond donors (Lipinski definition) is 1. The summed E-state index contributed by atoms with van der Waals surface area (Å²) in [5.41, 5.74) is 5.95. The minimum absolute atomic E-state index is 0.353. The fraction of sp³-hybridized carbons (Fsp3) is 1.00. The Bertz CT molecular complexity index is 188. The summed E-state index contributed by atoms with van der Waals surface area (Å²) in [5.74, 6) is 0.679. The van der Waals surface area contributed by atoms with Gasteiger partial charge in [-0.05, 0) is 32.6 Å². The van der Waals surface area contributed by atoms with Crippen LogP contribution >= 0.6 is 0 Å². The topological polar surface area (TPSA) is 38.5 Å². The highest BCUT2D eigenvalue weighted by Crippen LogP contribution is 2.21. The summed E-state index contributed by atoms with van der Waals surface area (Å²) in [4.78, 5) is 2.51. The first-order valence-corrected chi connectivity index (χ1v) is 6.63. The van der Waals surface area contributed by atoms with Crippen molar-refractivity contribution in [1.82, 2.24) is 4.90 Å². The first kappa shape index (κ1) is 13.9. The molecule has 0 spiro atoms. The molecule has 0 aromatic rings.